The van der Waals surface area contributed by atoms with Crippen LogP contribution < -0.4 is 5.32 Å². The van der Waals surface area contributed by atoms with Crippen molar-refractivity contribution in [2.75, 3.05) is 0 Å². The molecule has 154 valence electrons. The highest BCUT2D eigenvalue weighted by molar-refractivity contribution is 5.80. The Morgan fingerprint density at radius 3 is 1.97 bits per heavy atom. The zero-order chi connectivity index (χ0) is 21.6. The summed E-state index contributed by atoms with van der Waals surface area (Å²) in [7, 11) is 0. The summed E-state index contributed by atoms with van der Waals surface area (Å²) in [5.41, 5.74) is 2.88. The molecule has 0 heterocycles. The third-order valence-corrected chi connectivity index (χ3v) is 4.91. The van der Waals surface area contributed by atoms with Gasteiger partial charge in [-0.2, -0.15) is 0 Å². The maximum absolute atomic E-state index is 12.4. The minimum atomic E-state index is -1.11. The molecule has 1 unspecified atom stereocenters. The molecule has 0 radical (unpaired) electrons. The molecule has 0 aliphatic carbocycles. The summed E-state index contributed by atoms with van der Waals surface area (Å²) in [6, 6.07) is 25.8. The van der Waals surface area contributed by atoms with Crippen molar-refractivity contribution >= 4 is 12.1 Å². The third kappa shape index (κ3) is 5.47. The van der Waals surface area contributed by atoms with Crippen molar-refractivity contribution < 1.29 is 19.4 Å². The van der Waals surface area contributed by atoms with Crippen LogP contribution in [0.25, 0.3) is 11.1 Å². The fourth-order valence-electron chi connectivity index (χ4n) is 3.21. The quantitative estimate of drug-likeness (QED) is 0.581. The molecule has 0 bridgehead atoms. The molecule has 0 aliphatic heterocycles. The molecule has 0 saturated heterocycles. The van der Waals surface area contributed by atoms with Gasteiger partial charge in [-0.05, 0) is 36.1 Å². The van der Waals surface area contributed by atoms with Crippen molar-refractivity contribution in [1.29, 1.82) is 0 Å². The van der Waals surface area contributed by atoms with E-state index >= 15 is 0 Å². The first kappa shape index (κ1) is 21.1. The summed E-state index contributed by atoms with van der Waals surface area (Å²) in [6.07, 6.45) is -0.590. The van der Waals surface area contributed by atoms with Crippen LogP contribution in [0.2, 0.25) is 0 Å². The summed E-state index contributed by atoms with van der Waals surface area (Å²) in [5.74, 6) is -1.11. The van der Waals surface area contributed by atoms with E-state index in [1.807, 2.05) is 84.9 Å². The van der Waals surface area contributed by atoms with Crippen LogP contribution >= 0.6 is 0 Å². The van der Waals surface area contributed by atoms with Crippen LogP contribution in [-0.4, -0.2) is 23.2 Å². The highest BCUT2D eigenvalue weighted by Crippen LogP contribution is 2.28. The van der Waals surface area contributed by atoms with Gasteiger partial charge in [0.25, 0.3) is 0 Å². The number of amides is 1. The van der Waals surface area contributed by atoms with Gasteiger partial charge in [0.1, 0.15) is 11.6 Å². The van der Waals surface area contributed by atoms with Crippen molar-refractivity contribution in [2.24, 2.45) is 0 Å². The Kier molecular flexibility index (Phi) is 6.52. The van der Waals surface area contributed by atoms with E-state index in [2.05, 4.69) is 5.32 Å². The SMILES string of the molecule is CC(C)(OC(=O)NC(Cc1ccccc1)C(=O)O)c1ccc(-c2ccccc2)cc1. The average molecular weight is 403 g/mol. The Labute approximate surface area is 176 Å². The van der Waals surface area contributed by atoms with E-state index in [0.29, 0.717) is 0 Å². The fraction of sp³-hybridized carbons (Fsp3) is 0.200. The second kappa shape index (κ2) is 9.27. The molecule has 5 nitrogen and oxygen atoms in total. The van der Waals surface area contributed by atoms with Crippen molar-refractivity contribution in [1.82, 2.24) is 5.32 Å². The number of rotatable bonds is 7. The molecule has 5 heteroatoms. The molecule has 1 amide bonds. The molecule has 0 aliphatic rings. The smallest absolute Gasteiger partial charge is 0.408 e. The lowest BCUT2D eigenvalue weighted by Crippen LogP contribution is -2.44. The molecule has 3 rings (SSSR count). The zero-order valence-corrected chi connectivity index (χ0v) is 17.0. The monoisotopic (exact) mass is 403 g/mol. The van der Waals surface area contributed by atoms with Gasteiger partial charge in [-0.15, -0.1) is 0 Å². The van der Waals surface area contributed by atoms with Gasteiger partial charge in [0.2, 0.25) is 0 Å². The number of alkyl carbamates (subject to hydrolysis) is 1. The number of carboxylic acids is 1. The normalized spacial score (nSPS) is 12.1. The van der Waals surface area contributed by atoms with Gasteiger partial charge >= 0.3 is 12.1 Å². The van der Waals surface area contributed by atoms with Crippen LogP contribution in [0.4, 0.5) is 4.79 Å². The molecule has 0 spiro atoms. The van der Waals surface area contributed by atoms with Crippen LogP contribution in [0.1, 0.15) is 25.0 Å². The van der Waals surface area contributed by atoms with E-state index in [0.717, 1.165) is 22.3 Å². The Hall–Kier alpha value is -3.60. The van der Waals surface area contributed by atoms with Crippen LogP contribution in [0.5, 0.6) is 0 Å². The first-order valence-corrected chi connectivity index (χ1v) is 9.77. The Morgan fingerprint density at radius 2 is 1.40 bits per heavy atom. The van der Waals surface area contributed by atoms with Crippen LogP contribution in [0.15, 0.2) is 84.9 Å². The summed E-state index contributed by atoms with van der Waals surface area (Å²) in [5, 5.41) is 11.9. The van der Waals surface area contributed by atoms with Gasteiger partial charge in [0.15, 0.2) is 0 Å². The van der Waals surface area contributed by atoms with E-state index in [1.54, 1.807) is 13.8 Å². The third-order valence-electron chi connectivity index (χ3n) is 4.91. The minimum Gasteiger partial charge on any atom is -0.480 e. The lowest BCUT2D eigenvalue weighted by atomic mass is 9.95. The predicted octanol–water partition coefficient (Wildman–Crippen LogP) is 5.01. The van der Waals surface area contributed by atoms with E-state index in [9.17, 15) is 14.7 Å². The van der Waals surface area contributed by atoms with Crippen molar-refractivity contribution in [3.63, 3.8) is 0 Å². The maximum Gasteiger partial charge on any atom is 0.408 e. The zero-order valence-electron chi connectivity index (χ0n) is 17.0. The molecule has 3 aromatic rings. The number of carbonyl (C=O) groups excluding carboxylic acids is 1. The molecule has 0 saturated carbocycles. The second-order valence-corrected chi connectivity index (χ2v) is 7.57. The highest BCUT2D eigenvalue weighted by atomic mass is 16.6. The van der Waals surface area contributed by atoms with E-state index in [4.69, 9.17) is 4.74 Å². The molecule has 1 atom stereocenters. The van der Waals surface area contributed by atoms with E-state index < -0.39 is 23.7 Å². The lowest BCUT2D eigenvalue weighted by molar-refractivity contribution is -0.139. The molecular formula is C25H25NO4. The van der Waals surface area contributed by atoms with Crippen LogP contribution in [0, 0.1) is 0 Å². The number of ether oxygens (including phenoxy) is 1. The molecule has 30 heavy (non-hydrogen) atoms. The Bertz CT molecular complexity index is 983. The molecule has 0 aromatic heterocycles. The van der Waals surface area contributed by atoms with Crippen molar-refractivity contribution in [3.8, 4) is 11.1 Å². The average Bonchev–Trinajstić information content (AvgIpc) is 2.74. The first-order valence-electron chi connectivity index (χ1n) is 9.77. The number of carboxylic acid groups (broad SMARTS) is 1. The number of nitrogens with one attached hydrogen (secondary N) is 1. The number of hydrogen-bond acceptors (Lipinski definition) is 3. The van der Waals surface area contributed by atoms with E-state index in [1.165, 1.54) is 0 Å². The van der Waals surface area contributed by atoms with Gasteiger partial charge in [0.05, 0.1) is 0 Å². The summed E-state index contributed by atoms with van der Waals surface area (Å²) in [4.78, 5) is 24.0. The van der Waals surface area contributed by atoms with Gasteiger partial charge in [-0.25, -0.2) is 9.59 Å². The molecule has 0 fully saturated rings. The molecule has 3 aromatic carbocycles. The maximum atomic E-state index is 12.4. The molecule has 2 N–H and O–H groups in total. The Balaban J connectivity index is 1.66. The predicted molar refractivity (Wildman–Crippen MR) is 116 cm³/mol. The number of hydrogen-bond donors (Lipinski definition) is 2. The van der Waals surface area contributed by atoms with Gasteiger partial charge in [-0.1, -0.05) is 84.9 Å². The number of aliphatic carboxylic acids is 1. The van der Waals surface area contributed by atoms with Crippen molar-refractivity contribution in [2.45, 2.75) is 31.9 Å². The summed E-state index contributed by atoms with van der Waals surface area (Å²) < 4.78 is 5.57. The largest absolute Gasteiger partial charge is 0.480 e. The number of benzene rings is 3. The van der Waals surface area contributed by atoms with Crippen LogP contribution in [0.3, 0.4) is 0 Å². The van der Waals surface area contributed by atoms with Crippen LogP contribution in [-0.2, 0) is 21.6 Å². The Morgan fingerprint density at radius 1 is 0.867 bits per heavy atom. The second-order valence-electron chi connectivity index (χ2n) is 7.57. The summed E-state index contributed by atoms with van der Waals surface area (Å²) in [6.45, 7) is 3.55. The molecular weight excluding hydrogens is 378 g/mol. The topological polar surface area (TPSA) is 75.6 Å². The minimum absolute atomic E-state index is 0.178. The van der Waals surface area contributed by atoms with E-state index in [-0.39, 0.29) is 6.42 Å². The number of carbonyl (C=O) groups is 2. The summed E-state index contributed by atoms with van der Waals surface area (Å²) >= 11 is 0. The fourth-order valence-corrected chi connectivity index (χ4v) is 3.21. The van der Waals surface area contributed by atoms with Gasteiger partial charge < -0.3 is 15.2 Å². The first-order chi connectivity index (χ1) is 14.3. The standard InChI is InChI=1S/C25H25NO4/c1-25(2,21-15-13-20(14-16-21)19-11-7-4-8-12-19)30-24(29)26-22(23(27)28)17-18-9-5-3-6-10-18/h3-16,22H,17H2,1-2H3,(H,26,29)(H,27,28). The van der Waals surface area contributed by atoms with Gasteiger partial charge in [0, 0.05) is 6.42 Å². The lowest BCUT2D eigenvalue weighted by Gasteiger charge is -2.27. The highest BCUT2D eigenvalue weighted by Gasteiger charge is 2.28. The van der Waals surface area contributed by atoms with Gasteiger partial charge in [-0.3, -0.25) is 0 Å². The van der Waals surface area contributed by atoms with Crippen molar-refractivity contribution in [3.05, 3.63) is 96.1 Å².